The van der Waals surface area contributed by atoms with Crippen LogP contribution >= 0.6 is 0 Å². The predicted molar refractivity (Wildman–Crippen MR) is 73.4 cm³/mol. The SMILES string of the molecule is NS(=O)(=O)c1cccc(CNC(=O)OC2CCCC2)c1. The molecule has 0 aromatic heterocycles. The van der Waals surface area contributed by atoms with Crippen LogP contribution in [-0.4, -0.2) is 20.6 Å². The highest BCUT2D eigenvalue weighted by atomic mass is 32.2. The van der Waals surface area contributed by atoms with Crippen molar-refractivity contribution in [3.05, 3.63) is 29.8 Å². The molecule has 1 amide bonds. The minimum atomic E-state index is -3.73. The van der Waals surface area contributed by atoms with Crippen molar-refractivity contribution in [1.29, 1.82) is 0 Å². The second kappa shape index (κ2) is 6.23. The molecule has 1 fully saturated rings. The lowest BCUT2D eigenvalue weighted by Crippen LogP contribution is -2.27. The van der Waals surface area contributed by atoms with Crippen molar-refractivity contribution in [2.24, 2.45) is 5.14 Å². The lowest BCUT2D eigenvalue weighted by atomic mass is 10.2. The Balaban J connectivity index is 1.88. The number of primary sulfonamides is 1. The van der Waals surface area contributed by atoms with Gasteiger partial charge in [0.05, 0.1) is 4.90 Å². The van der Waals surface area contributed by atoms with Gasteiger partial charge < -0.3 is 10.1 Å². The molecule has 1 aliphatic carbocycles. The first-order valence-electron chi connectivity index (χ1n) is 6.51. The Hall–Kier alpha value is -1.60. The third-order valence-electron chi connectivity index (χ3n) is 3.24. The zero-order chi connectivity index (χ0) is 14.6. The molecule has 2 rings (SSSR count). The Bertz CT molecular complexity index is 580. The summed E-state index contributed by atoms with van der Waals surface area (Å²) in [7, 11) is -3.73. The number of amides is 1. The maximum absolute atomic E-state index is 11.6. The van der Waals surface area contributed by atoms with E-state index < -0.39 is 16.1 Å². The molecule has 0 spiro atoms. The maximum Gasteiger partial charge on any atom is 0.407 e. The van der Waals surface area contributed by atoms with Gasteiger partial charge in [-0.1, -0.05) is 12.1 Å². The van der Waals surface area contributed by atoms with E-state index in [0.717, 1.165) is 25.7 Å². The van der Waals surface area contributed by atoms with E-state index in [2.05, 4.69) is 5.32 Å². The van der Waals surface area contributed by atoms with E-state index in [1.807, 2.05) is 0 Å². The average molecular weight is 298 g/mol. The zero-order valence-electron chi connectivity index (χ0n) is 11.0. The molecule has 6 nitrogen and oxygen atoms in total. The van der Waals surface area contributed by atoms with E-state index in [1.54, 1.807) is 12.1 Å². The highest BCUT2D eigenvalue weighted by Crippen LogP contribution is 2.20. The highest BCUT2D eigenvalue weighted by Gasteiger charge is 2.18. The van der Waals surface area contributed by atoms with E-state index in [0.29, 0.717) is 5.56 Å². The van der Waals surface area contributed by atoms with Crippen molar-refractivity contribution in [3.8, 4) is 0 Å². The van der Waals surface area contributed by atoms with Crippen LogP contribution in [0.4, 0.5) is 4.79 Å². The molecule has 1 aliphatic rings. The fourth-order valence-corrected chi connectivity index (χ4v) is 2.79. The number of benzene rings is 1. The number of sulfonamides is 1. The summed E-state index contributed by atoms with van der Waals surface area (Å²) in [6.45, 7) is 0.203. The summed E-state index contributed by atoms with van der Waals surface area (Å²) < 4.78 is 27.7. The molecule has 7 heteroatoms. The Kier molecular flexibility index (Phi) is 4.61. The Morgan fingerprint density at radius 3 is 2.70 bits per heavy atom. The summed E-state index contributed by atoms with van der Waals surface area (Å²) in [6.07, 6.45) is 3.54. The largest absolute Gasteiger partial charge is 0.446 e. The first-order valence-corrected chi connectivity index (χ1v) is 8.06. The molecule has 0 heterocycles. The van der Waals surface area contributed by atoms with Gasteiger partial charge in [-0.2, -0.15) is 0 Å². The number of rotatable bonds is 4. The predicted octanol–water partition coefficient (Wildman–Crippen LogP) is 1.50. The molecule has 110 valence electrons. The number of nitrogens with two attached hydrogens (primary N) is 1. The molecule has 1 saturated carbocycles. The topological polar surface area (TPSA) is 98.5 Å². The number of carbonyl (C=O) groups is 1. The molecule has 0 aliphatic heterocycles. The van der Waals surface area contributed by atoms with Crippen LogP contribution in [0, 0.1) is 0 Å². The maximum atomic E-state index is 11.6. The molecule has 1 aromatic carbocycles. The zero-order valence-corrected chi connectivity index (χ0v) is 11.9. The smallest absolute Gasteiger partial charge is 0.407 e. The molecule has 0 atom stereocenters. The average Bonchev–Trinajstić information content (AvgIpc) is 2.88. The summed E-state index contributed by atoms with van der Waals surface area (Å²) in [5.74, 6) is 0. The Morgan fingerprint density at radius 2 is 2.05 bits per heavy atom. The lowest BCUT2D eigenvalue weighted by Gasteiger charge is -2.12. The van der Waals surface area contributed by atoms with Gasteiger partial charge in [0, 0.05) is 6.54 Å². The van der Waals surface area contributed by atoms with Gasteiger partial charge in [0.15, 0.2) is 0 Å². The first kappa shape index (κ1) is 14.8. The van der Waals surface area contributed by atoms with Crippen LogP contribution < -0.4 is 10.5 Å². The third kappa shape index (κ3) is 4.21. The van der Waals surface area contributed by atoms with Crippen LogP contribution in [0.2, 0.25) is 0 Å². The van der Waals surface area contributed by atoms with E-state index in [9.17, 15) is 13.2 Å². The summed E-state index contributed by atoms with van der Waals surface area (Å²) in [5.41, 5.74) is 0.653. The number of hydrogen-bond acceptors (Lipinski definition) is 4. The highest BCUT2D eigenvalue weighted by molar-refractivity contribution is 7.89. The number of hydrogen-bond donors (Lipinski definition) is 2. The van der Waals surface area contributed by atoms with E-state index >= 15 is 0 Å². The fourth-order valence-electron chi connectivity index (χ4n) is 2.21. The number of carbonyl (C=O) groups excluding carboxylic acids is 1. The van der Waals surface area contributed by atoms with Crippen molar-refractivity contribution < 1.29 is 17.9 Å². The number of ether oxygens (including phenoxy) is 1. The molecular formula is C13H18N2O4S. The van der Waals surface area contributed by atoms with Gasteiger partial charge in [-0.05, 0) is 43.4 Å². The minimum absolute atomic E-state index is 0.00533. The van der Waals surface area contributed by atoms with Gasteiger partial charge >= 0.3 is 6.09 Å². The lowest BCUT2D eigenvalue weighted by molar-refractivity contribution is 0.100. The van der Waals surface area contributed by atoms with E-state index in [-0.39, 0.29) is 17.5 Å². The number of alkyl carbamates (subject to hydrolysis) is 1. The van der Waals surface area contributed by atoms with E-state index in [1.165, 1.54) is 12.1 Å². The summed E-state index contributed by atoms with van der Waals surface area (Å²) in [5, 5.41) is 7.66. The standard InChI is InChI=1S/C13H18N2O4S/c14-20(17,18)12-7-3-4-10(8-12)9-15-13(16)19-11-5-1-2-6-11/h3-4,7-8,11H,1-2,5-6,9H2,(H,15,16)(H2,14,17,18). The molecule has 0 bridgehead atoms. The van der Waals surface area contributed by atoms with Crippen molar-refractivity contribution in [3.63, 3.8) is 0 Å². The van der Waals surface area contributed by atoms with Crippen LogP contribution in [-0.2, 0) is 21.3 Å². The van der Waals surface area contributed by atoms with Gasteiger partial charge in [-0.3, -0.25) is 0 Å². The number of nitrogens with one attached hydrogen (secondary N) is 1. The van der Waals surface area contributed by atoms with Gasteiger partial charge in [0.2, 0.25) is 10.0 Å². The fraction of sp³-hybridized carbons (Fsp3) is 0.462. The molecule has 20 heavy (non-hydrogen) atoms. The van der Waals surface area contributed by atoms with Gasteiger partial charge in [-0.25, -0.2) is 18.4 Å². The second-order valence-corrected chi connectivity index (χ2v) is 6.42. The molecule has 3 N–H and O–H groups in total. The quantitative estimate of drug-likeness (QED) is 0.880. The first-order chi connectivity index (χ1) is 9.45. The van der Waals surface area contributed by atoms with Crippen LogP contribution in [0.3, 0.4) is 0 Å². The van der Waals surface area contributed by atoms with Crippen LogP contribution in [0.5, 0.6) is 0 Å². The Morgan fingerprint density at radius 1 is 1.35 bits per heavy atom. The van der Waals surface area contributed by atoms with Crippen LogP contribution in [0.1, 0.15) is 31.2 Å². The molecule has 0 saturated heterocycles. The normalized spacial score (nSPS) is 16.1. The van der Waals surface area contributed by atoms with Gasteiger partial charge in [0.1, 0.15) is 6.10 Å². The van der Waals surface area contributed by atoms with Crippen molar-refractivity contribution in [1.82, 2.24) is 5.32 Å². The molecular weight excluding hydrogens is 280 g/mol. The van der Waals surface area contributed by atoms with E-state index in [4.69, 9.17) is 9.88 Å². The molecule has 0 unspecified atom stereocenters. The van der Waals surface area contributed by atoms with Crippen molar-refractivity contribution in [2.45, 2.75) is 43.2 Å². The monoisotopic (exact) mass is 298 g/mol. The second-order valence-electron chi connectivity index (χ2n) is 4.86. The summed E-state index contributed by atoms with van der Waals surface area (Å²) in [4.78, 5) is 11.6. The van der Waals surface area contributed by atoms with Crippen molar-refractivity contribution in [2.75, 3.05) is 0 Å². The van der Waals surface area contributed by atoms with Crippen molar-refractivity contribution >= 4 is 16.1 Å². The van der Waals surface area contributed by atoms with Crippen LogP contribution in [0.25, 0.3) is 0 Å². The summed E-state index contributed by atoms with van der Waals surface area (Å²) in [6, 6.07) is 6.14. The Labute approximate surface area is 118 Å². The van der Waals surface area contributed by atoms with Gasteiger partial charge in [0.25, 0.3) is 0 Å². The third-order valence-corrected chi connectivity index (χ3v) is 4.15. The molecule has 0 radical (unpaired) electrons. The summed E-state index contributed by atoms with van der Waals surface area (Å²) >= 11 is 0. The minimum Gasteiger partial charge on any atom is -0.446 e. The molecule has 1 aromatic rings. The van der Waals surface area contributed by atoms with Gasteiger partial charge in [-0.15, -0.1) is 0 Å². The van der Waals surface area contributed by atoms with Crippen LogP contribution in [0.15, 0.2) is 29.2 Å².